The van der Waals surface area contributed by atoms with Gasteiger partial charge < -0.3 is 48.0 Å². The number of allylic oxidation sites excluding steroid dienone is 4. The maximum atomic E-state index is 3.44. The SMILES string of the molecule is CC1=[C-]C(C)(C)C(C)=C1C.Cc1ccc(C)c2[cH-]ccc12.[I-].[I-].[Zr+4]. The van der Waals surface area contributed by atoms with Crippen LogP contribution in [0.5, 0.6) is 0 Å². The van der Waals surface area contributed by atoms with E-state index >= 15 is 0 Å². The number of fused-ring (bicyclic) bond motifs is 1. The Morgan fingerprint density at radius 2 is 1.42 bits per heavy atom. The largest absolute Gasteiger partial charge is 4.00 e. The van der Waals surface area contributed by atoms with E-state index in [2.05, 4.69) is 84.9 Å². The Kier molecular flexibility index (Phi) is 12.0. The first kappa shape index (κ1) is 26.9. The van der Waals surface area contributed by atoms with Crippen LogP contribution in [-0.2, 0) is 26.2 Å². The van der Waals surface area contributed by atoms with Gasteiger partial charge in [-0.15, -0.1) is 35.4 Å². The van der Waals surface area contributed by atoms with E-state index in [0.29, 0.717) is 0 Å². The molecule has 0 bridgehead atoms. The van der Waals surface area contributed by atoms with Crippen LogP contribution in [0.4, 0.5) is 0 Å². The van der Waals surface area contributed by atoms with Crippen LogP contribution in [0.1, 0.15) is 45.7 Å². The molecule has 0 amide bonds. The average molecular weight is 623 g/mol. The van der Waals surface area contributed by atoms with Crippen LogP contribution in [0.3, 0.4) is 0 Å². The molecule has 128 valence electrons. The van der Waals surface area contributed by atoms with E-state index in [9.17, 15) is 0 Å². The summed E-state index contributed by atoms with van der Waals surface area (Å²) in [7, 11) is 0. The quantitative estimate of drug-likeness (QED) is 0.293. The fourth-order valence-corrected chi connectivity index (χ4v) is 2.94. The van der Waals surface area contributed by atoms with Gasteiger partial charge in [0.1, 0.15) is 0 Å². The van der Waals surface area contributed by atoms with Crippen molar-refractivity contribution in [1.82, 2.24) is 0 Å². The second kappa shape index (κ2) is 10.7. The molecular weight excluding hydrogens is 597 g/mol. The van der Waals surface area contributed by atoms with Crippen molar-refractivity contribution >= 4 is 10.8 Å². The third-order valence-corrected chi connectivity index (χ3v) is 4.81. The summed E-state index contributed by atoms with van der Waals surface area (Å²) in [6, 6.07) is 10.8. The van der Waals surface area contributed by atoms with Gasteiger partial charge in [-0.05, 0) is 6.92 Å². The van der Waals surface area contributed by atoms with Crippen LogP contribution >= 0.6 is 0 Å². The average Bonchev–Trinajstić information content (AvgIpc) is 2.97. The van der Waals surface area contributed by atoms with Crippen molar-refractivity contribution in [2.24, 2.45) is 5.41 Å². The van der Waals surface area contributed by atoms with Gasteiger partial charge in [-0.1, -0.05) is 51.7 Å². The summed E-state index contributed by atoms with van der Waals surface area (Å²) < 4.78 is 0. The Balaban J connectivity index is 0. The third-order valence-electron chi connectivity index (χ3n) is 4.81. The summed E-state index contributed by atoms with van der Waals surface area (Å²) in [6.07, 6.45) is 3.44. The predicted octanol–water partition coefficient (Wildman–Crippen LogP) is 0.293. The number of aryl methyl sites for hydroxylation is 2. The first-order chi connectivity index (χ1) is 9.74. The van der Waals surface area contributed by atoms with Crippen molar-refractivity contribution in [3.8, 4) is 0 Å². The molecule has 2 aromatic carbocycles. The van der Waals surface area contributed by atoms with Crippen molar-refractivity contribution in [1.29, 1.82) is 0 Å². The summed E-state index contributed by atoms with van der Waals surface area (Å²) in [5, 5.41) is 2.79. The standard InChI is InChI=1S/C11H11.C10H15.2HI.Zr/c1-8-6-7-9(2)11-5-3-4-10(8)11;1-7-6-10(4,5)9(3)8(7)2;;;/h3-7H,1-2H3;1-5H3;2*1H;/q2*-1;;;+4/p-2. The summed E-state index contributed by atoms with van der Waals surface area (Å²) in [6.45, 7) is 15.2. The van der Waals surface area contributed by atoms with Crippen LogP contribution < -0.4 is 48.0 Å². The Morgan fingerprint density at radius 3 is 1.79 bits per heavy atom. The van der Waals surface area contributed by atoms with Gasteiger partial charge in [0.2, 0.25) is 0 Å². The third kappa shape index (κ3) is 5.84. The van der Waals surface area contributed by atoms with Crippen LogP contribution in [0.25, 0.3) is 10.8 Å². The summed E-state index contributed by atoms with van der Waals surface area (Å²) in [5.41, 5.74) is 7.14. The van der Waals surface area contributed by atoms with E-state index in [1.54, 1.807) is 0 Å². The first-order valence-corrected chi connectivity index (χ1v) is 7.65. The molecule has 0 aromatic heterocycles. The van der Waals surface area contributed by atoms with E-state index in [0.717, 1.165) is 0 Å². The molecule has 24 heavy (non-hydrogen) atoms. The fourth-order valence-electron chi connectivity index (χ4n) is 2.94. The smallest absolute Gasteiger partial charge is 1.00 e. The zero-order valence-corrected chi connectivity index (χ0v) is 22.4. The van der Waals surface area contributed by atoms with Gasteiger partial charge in [0.25, 0.3) is 0 Å². The Hall–Kier alpha value is 0.653. The molecule has 0 radical (unpaired) electrons. The van der Waals surface area contributed by atoms with E-state index in [1.807, 2.05) is 0 Å². The fraction of sp³-hybridized carbons (Fsp3) is 0.381. The number of benzene rings is 1. The van der Waals surface area contributed by atoms with Crippen LogP contribution in [0.15, 0.2) is 47.1 Å². The van der Waals surface area contributed by atoms with E-state index in [4.69, 9.17) is 0 Å². The van der Waals surface area contributed by atoms with Gasteiger partial charge in [-0.25, -0.2) is 5.57 Å². The van der Waals surface area contributed by atoms with Gasteiger partial charge in [-0.2, -0.15) is 23.3 Å². The minimum Gasteiger partial charge on any atom is -1.00 e. The molecule has 1 aliphatic rings. The van der Waals surface area contributed by atoms with Gasteiger partial charge in [0.15, 0.2) is 0 Å². The molecule has 3 rings (SSSR count). The zero-order valence-electron chi connectivity index (χ0n) is 15.6. The maximum absolute atomic E-state index is 3.44. The molecule has 0 unspecified atom stereocenters. The molecule has 0 N–H and O–H groups in total. The van der Waals surface area contributed by atoms with Gasteiger partial charge in [0, 0.05) is 0 Å². The normalized spacial score (nSPS) is 14.7. The van der Waals surface area contributed by atoms with Crippen molar-refractivity contribution in [3.63, 3.8) is 0 Å². The molecular formula is C21H26I2Zr. The van der Waals surface area contributed by atoms with E-state index in [-0.39, 0.29) is 79.6 Å². The van der Waals surface area contributed by atoms with Crippen molar-refractivity contribution in [3.05, 3.63) is 64.3 Å². The van der Waals surface area contributed by atoms with Gasteiger partial charge in [0.05, 0.1) is 0 Å². The zero-order chi connectivity index (χ0) is 15.8. The Bertz CT molecular complexity index is 697. The molecule has 0 nitrogen and oxygen atoms in total. The van der Waals surface area contributed by atoms with E-state index < -0.39 is 0 Å². The second-order valence-corrected chi connectivity index (χ2v) is 6.68. The molecule has 0 spiro atoms. The molecule has 0 saturated carbocycles. The van der Waals surface area contributed by atoms with Crippen molar-refractivity contribution in [2.75, 3.05) is 0 Å². The molecule has 0 atom stereocenters. The Labute approximate surface area is 201 Å². The van der Waals surface area contributed by atoms with Gasteiger partial charge >= 0.3 is 26.2 Å². The van der Waals surface area contributed by atoms with Crippen molar-refractivity contribution in [2.45, 2.75) is 48.5 Å². The molecule has 0 saturated heterocycles. The maximum Gasteiger partial charge on any atom is 4.00 e. The van der Waals surface area contributed by atoms with E-state index in [1.165, 1.54) is 38.6 Å². The predicted molar refractivity (Wildman–Crippen MR) is 93.6 cm³/mol. The van der Waals surface area contributed by atoms with Crippen LogP contribution in [0.2, 0.25) is 0 Å². The summed E-state index contributed by atoms with van der Waals surface area (Å²) in [4.78, 5) is 0. The van der Waals surface area contributed by atoms with Crippen LogP contribution in [-0.4, -0.2) is 0 Å². The minimum atomic E-state index is 0. The minimum absolute atomic E-state index is 0. The molecule has 0 heterocycles. The molecule has 0 fully saturated rings. The molecule has 0 aliphatic heterocycles. The monoisotopic (exact) mass is 622 g/mol. The molecule has 2 aromatic rings. The first-order valence-electron chi connectivity index (χ1n) is 7.65. The van der Waals surface area contributed by atoms with Crippen LogP contribution in [0, 0.1) is 25.3 Å². The number of hydrogen-bond donors (Lipinski definition) is 0. The number of hydrogen-bond acceptors (Lipinski definition) is 0. The molecule has 1 aliphatic carbocycles. The van der Waals surface area contributed by atoms with Crippen molar-refractivity contribution < 1.29 is 74.2 Å². The summed E-state index contributed by atoms with van der Waals surface area (Å²) >= 11 is 0. The molecule has 3 heteroatoms. The number of halogens is 2. The number of rotatable bonds is 0. The topological polar surface area (TPSA) is 0 Å². The summed E-state index contributed by atoms with van der Waals surface area (Å²) in [5.74, 6) is 0. The Morgan fingerprint density at radius 1 is 0.875 bits per heavy atom. The second-order valence-electron chi connectivity index (χ2n) is 6.68. The van der Waals surface area contributed by atoms with Gasteiger partial charge in [-0.3, -0.25) is 6.08 Å².